The van der Waals surface area contributed by atoms with Crippen molar-refractivity contribution < 1.29 is 36.7 Å². The quantitative estimate of drug-likeness (QED) is 0.328. The Morgan fingerprint density at radius 1 is 0.882 bits per heavy atom. The number of hydrogen-bond donors (Lipinski definition) is 0. The third-order valence-corrected chi connectivity index (χ3v) is 18.5. The highest BCUT2D eigenvalue weighted by atomic mass is 32.2. The standard InChI is InChI=1S/C23H44O8SSi2/c1-12-32-23(10)27-20-18-17(19(21(24)25-11)26-22(20)28-23)29-33(13(2)3,14(4)5)31-34(30-18,15(6)7)16(8)9/h13-20,22H,12H2,1-11H3/t17-,18-,19-,20+,22+,23-/m0/s1. The van der Waals surface area contributed by atoms with Crippen molar-refractivity contribution in [2.24, 2.45) is 0 Å². The van der Waals surface area contributed by atoms with E-state index in [2.05, 4.69) is 55.4 Å². The molecule has 0 aromatic heterocycles. The third-order valence-electron chi connectivity index (χ3n) is 7.19. The predicted octanol–water partition coefficient (Wildman–Crippen LogP) is 5.05. The Hall–Kier alpha value is 0.0138. The van der Waals surface area contributed by atoms with Gasteiger partial charge in [-0.1, -0.05) is 74.1 Å². The summed E-state index contributed by atoms with van der Waals surface area (Å²) in [5.74, 6) is 0.300. The fourth-order valence-corrected chi connectivity index (χ4v) is 17.6. The number of fused-ring (bicyclic) bond motifs is 3. The van der Waals surface area contributed by atoms with Crippen LogP contribution in [0.15, 0.2) is 0 Å². The second-order valence-corrected chi connectivity index (χ2v) is 21.2. The summed E-state index contributed by atoms with van der Waals surface area (Å²) in [5.41, 5.74) is 0.598. The highest BCUT2D eigenvalue weighted by Gasteiger charge is 2.67. The molecule has 0 bridgehead atoms. The average molecular weight is 537 g/mol. The van der Waals surface area contributed by atoms with E-state index in [1.807, 2.05) is 13.8 Å². The zero-order chi connectivity index (χ0) is 25.6. The molecule has 198 valence electrons. The lowest BCUT2D eigenvalue weighted by molar-refractivity contribution is -0.243. The molecule has 3 aliphatic heterocycles. The van der Waals surface area contributed by atoms with Gasteiger partial charge < -0.3 is 31.9 Å². The first-order valence-corrected chi connectivity index (χ1v) is 17.5. The van der Waals surface area contributed by atoms with Crippen LogP contribution in [0.4, 0.5) is 0 Å². The van der Waals surface area contributed by atoms with Gasteiger partial charge in [-0.15, -0.1) is 0 Å². The molecule has 0 saturated carbocycles. The van der Waals surface area contributed by atoms with Crippen molar-refractivity contribution >= 4 is 34.9 Å². The van der Waals surface area contributed by atoms with E-state index in [1.165, 1.54) is 7.11 Å². The molecule has 0 aromatic carbocycles. The van der Waals surface area contributed by atoms with Gasteiger partial charge >= 0.3 is 23.1 Å². The van der Waals surface area contributed by atoms with E-state index in [0.717, 1.165) is 5.75 Å². The molecule has 0 N–H and O–H groups in total. The monoisotopic (exact) mass is 536 g/mol. The third kappa shape index (κ3) is 4.81. The number of hydrogen-bond acceptors (Lipinski definition) is 9. The van der Waals surface area contributed by atoms with Crippen LogP contribution in [0.2, 0.25) is 22.2 Å². The van der Waals surface area contributed by atoms with E-state index in [9.17, 15) is 4.79 Å². The Balaban J connectivity index is 2.19. The summed E-state index contributed by atoms with van der Waals surface area (Å²) in [5, 5.41) is -0.902. The van der Waals surface area contributed by atoms with E-state index in [4.69, 9.17) is 31.9 Å². The first-order valence-electron chi connectivity index (χ1n) is 12.6. The van der Waals surface area contributed by atoms with E-state index < -0.39 is 58.9 Å². The van der Waals surface area contributed by atoms with E-state index in [0.29, 0.717) is 0 Å². The molecule has 34 heavy (non-hydrogen) atoms. The summed E-state index contributed by atoms with van der Waals surface area (Å²) in [6.07, 6.45) is -3.60. The fourth-order valence-electron chi connectivity index (χ4n) is 5.49. The first-order chi connectivity index (χ1) is 15.8. The summed E-state index contributed by atoms with van der Waals surface area (Å²) >= 11 is 1.54. The molecule has 3 heterocycles. The molecule has 0 aliphatic carbocycles. The van der Waals surface area contributed by atoms with Crippen molar-refractivity contribution in [1.82, 2.24) is 0 Å². The molecule has 11 heteroatoms. The normalized spacial score (nSPS) is 37.1. The summed E-state index contributed by atoms with van der Waals surface area (Å²) in [7, 11) is -4.41. The van der Waals surface area contributed by atoms with Gasteiger partial charge in [-0.2, -0.15) is 0 Å². The predicted molar refractivity (Wildman–Crippen MR) is 136 cm³/mol. The largest absolute Gasteiger partial charge is 0.467 e. The molecule has 6 atom stereocenters. The Kier molecular flexibility index (Phi) is 8.75. The molecule has 0 radical (unpaired) electrons. The summed E-state index contributed by atoms with van der Waals surface area (Å²) < 4.78 is 45.4. The molecule has 3 saturated heterocycles. The van der Waals surface area contributed by atoms with Gasteiger partial charge in [-0.3, -0.25) is 0 Å². The van der Waals surface area contributed by atoms with Crippen molar-refractivity contribution in [3.05, 3.63) is 0 Å². The van der Waals surface area contributed by atoms with Crippen LogP contribution < -0.4 is 0 Å². The van der Waals surface area contributed by atoms with E-state index in [-0.39, 0.29) is 22.2 Å². The molecule has 0 spiro atoms. The summed E-state index contributed by atoms with van der Waals surface area (Å²) in [6, 6.07) is 0. The van der Waals surface area contributed by atoms with Crippen molar-refractivity contribution in [2.75, 3.05) is 12.9 Å². The van der Waals surface area contributed by atoms with Gasteiger partial charge in [0.05, 0.1) is 7.11 Å². The number of methoxy groups -OCH3 is 1. The molecule has 8 nitrogen and oxygen atoms in total. The number of rotatable bonds is 7. The lowest BCUT2D eigenvalue weighted by atomic mass is 9.99. The maximum atomic E-state index is 13.0. The fraction of sp³-hybridized carbons (Fsp3) is 0.957. The molecule has 0 unspecified atom stereocenters. The molecule has 3 fully saturated rings. The minimum absolute atomic E-state index is 0.136. The lowest BCUT2D eigenvalue weighted by Gasteiger charge is -2.45. The maximum absolute atomic E-state index is 13.0. The van der Waals surface area contributed by atoms with Crippen LogP contribution >= 0.6 is 11.8 Å². The smallest absolute Gasteiger partial charge is 0.337 e. The van der Waals surface area contributed by atoms with Crippen LogP contribution in [0, 0.1) is 0 Å². The van der Waals surface area contributed by atoms with Gasteiger partial charge in [0.1, 0.15) is 18.3 Å². The number of carbonyl (C=O) groups is 1. The van der Waals surface area contributed by atoms with Crippen molar-refractivity contribution in [3.8, 4) is 0 Å². The zero-order valence-corrected chi connectivity index (χ0v) is 25.4. The van der Waals surface area contributed by atoms with Crippen LogP contribution in [-0.4, -0.2) is 71.8 Å². The minimum atomic E-state index is -2.90. The highest BCUT2D eigenvalue weighted by molar-refractivity contribution is 8.00. The molecule has 0 amide bonds. The van der Waals surface area contributed by atoms with Crippen molar-refractivity contribution in [1.29, 1.82) is 0 Å². The summed E-state index contributed by atoms with van der Waals surface area (Å²) in [6.45, 7) is 21.2. The van der Waals surface area contributed by atoms with Gasteiger partial charge in [0.25, 0.3) is 0 Å². The van der Waals surface area contributed by atoms with Crippen molar-refractivity contribution in [3.63, 3.8) is 0 Å². The number of ether oxygens (including phenoxy) is 4. The van der Waals surface area contributed by atoms with Gasteiger partial charge in [0, 0.05) is 6.92 Å². The topological polar surface area (TPSA) is 81.7 Å². The van der Waals surface area contributed by atoms with E-state index in [1.54, 1.807) is 11.8 Å². The Labute approximate surface area is 211 Å². The van der Waals surface area contributed by atoms with Crippen molar-refractivity contribution in [2.45, 2.75) is 127 Å². The summed E-state index contributed by atoms with van der Waals surface area (Å²) in [4.78, 5) is 13.0. The van der Waals surface area contributed by atoms with Crippen LogP contribution in [0.25, 0.3) is 0 Å². The Morgan fingerprint density at radius 3 is 1.82 bits per heavy atom. The highest BCUT2D eigenvalue weighted by Crippen LogP contribution is 2.52. The number of esters is 1. The zero-order valence-electron chi connectivity index (χ0n) is 22.6. The number of thioether (sulfide) groups is 1. The molecular formula is C23H44O8SSi2. The van der Waals surface area contributed by atoms with Gasteiger partial charge in [-0.25, -0.2) is 4.79 Å². The van der Waals surface area contributed by atoms with Crippen LogP contribution in [0.5, 0.6) is 0 Å². The number of carbonyl (C=O) groups excluding carboxylic acids is 1. The Morgan fingerprint density at radius 2 is 1.38 bits per heavy atom. The lowest BCUT2D eigenvalue weighted by Crippen LogP contribution is -2.63. The second-order valence-electron chi connectivity index (χ2n) is 10.8. The SMILES string of the molecule is CCS[C@]1(C)O[C@H]2O[C@H](C(=O)OC)[C@H]3O[Si](C(C)C)(C(C)C)O[Si](C(C)C)(C(C)C)O[C@@H]3[C@H]2O1. The Bertz CT molecular complexity index is 720. The molecule has 3 aliphatic rings. The first kappa shape index (κ1) is 28.6. The van der Waals surface area contributed by atoms with Gasteiger partial charge in [-0.05, 0) is 27.9 Å². The molecular weight excluding hydrogens is 492 g/mol. The molecule has 0 aromatic rings. The average Bonchev–Trinajstić information content (AvgIpc) is 2.97. The minimum Gasteiger partial charge on any atom is -0.467 e. The maximum Gasteiger partial charge on any atom is 0.337 e. The van der Waals surface area contributed by atoms with Gasteiger partial charge in [0.2, 0.25) is 5.12 Å². The van der Waals surface area contributed by atoms with Crippen LogP contribution in [0.3, 0.4) is 0 Å². The van der Waals surface area contributed by atoms with E-state index >= 15 is 0 Å². The molecule has 3 rings (SSSR count). The van der Waals surface area contributed by atoms with Gasteiger partial charge in [0.15, 0.2) is 12.4 Å². The second kappa shape index (κ2) is 10.4. The van der Waals surface area contributed by atoms with Crippen LogP contribution in [0.1, 0.15) is 69.2 Å². The van der Waals surface area contributed by atoms with Crippen LogP contribution in [-0.2, 0) is 36.7 Å².